The Kier molecular flexibility index (Phi) is 4.57. The molecule has 2 heteroatoms. The minimum Gasteiger partial charge on any atom is -0.316 e. The lowest BCUT2D eigenvalue weighted by Crippen LogP contribution is -2.25. The topological polar surface area (TPSA) is 12.0 Å². The van der Waals surface area contributed by atoms with Gasteiger partial charge in [0, 0.05) is 11.9 Å². The van der Waals surface area contributed by atoms with E-state index < -0.39 is 0 Å². The largest absolute Gasteiger partial charge is 0.316 e. The van der Waals surface area contributed by atoms with Gasteiger partial charge in [-0.25, -0.2) is 0 Å². The van der Waals surface area contributed by atoms with E-state index in [1.54, 1.807) is 0 Å². The molecule has 0 heterocycles. The van der Waals surface area contributed by atoms with E-state index in [0.29, 0.717) is 11.9 Å². The van der Waals surface area contributed by atoms with Crippen molar-refractivity contribution in [2.75, 3.05) is 12.9 Å². The lowest BCUT2D eigenvalue weighted by molar-refractivity contribution is 0.599. The zero-order valence-electron chi connectivity index (χ0n) is 4.87. The van der Waals surface area contributed by atoms with Gasteiger partial charge in [0.1, 0.15) is 0 Å². The molecule has 0 saturated heterocycles. The smallest absolute Gasteiger partial charge is 0.0377 e. The molecule has 0 rings (SSSR count). The van der Waals surface area contributed by atoms with Crippen LogP contribution in [0.5, 0.6) is 0 Å². The molecule has 0 radical (unpaired) electrons. The Labute approximate surface area is 50.1 Å². The first-order valence-corrected chi connectivity index (χ1v) is 3.11. The number of hydrogen-bond acceptors (Lipinski definition) is 1. The molecule has 0 fully saturated rings. The maximum Gasteiger partial charge on any atom is 0.0377 e. The highest BCUT2D eigenvalue weighted by molar-refractivity contribution is 6.18. The first-order chi connectivity index (χ1) is 3.35. The zero-order valence-corrected chi connectivity index (χ0v) is 5.63. The van der Waals surface area contributed by atoms with Crippen molar-refractivity contribution in [3.63, 3.8) is 0 Å². The lowest BCUT2D eigenvalue weighted by Gasteiger charge is -2.06. The van der Waals surface area contributed by atoms with Crippen LogP contribution >= 0.6 is 11.6 Å². The minimum atomic E-state index is 0.502. The van der Waals surface area contributed by atoms with E-state index in [1.165, 1.54) is 0 Å². The van der Waals surface area contributed by atoms with E-state index >= 15 is 0 Å². The SMILES string of the molecule is CCC(CCl)NC. The highest BCUT2D eigenvalue weighted by atomic mass is 35.5. The van der Waals surface area contributed by atoms with Gasteiger partial charge in [-0.15, -0.1) is 11.6 Å². The maximum atomic E-state index is 5.51. The third-order valence-corrected chi connectivity index (χ3v) is 1.46. The summed E-state index contributed by atoms with van der Waals surface area (Å²) in [6, 6.07) is 0.502. The molecule has 0 aromatic carbocycles. The molecule has 1 atom stereocenters. The van der Waals surface area contributed by atoms with Crippen LogP contribution in [0.1, 0.15) is 13.3 Å². The first kappa shape index (κ1) is 7.25. The van der Waals surface area contributed by atoms with E-state index in [2.05, 4.69) is 12.2 Å². The summed E-state index contributed by atoms with van der Waals surface area (Å²) in [6.45, 7) is 2.11. The molecule has 0 aliphatic carbocycles. The summed E-state index contributed by atoms with van der Waals surface area (Å²) in [4.78, 5) is 0. The number of hydrogen-bond donors (Lipinski definition) is 1. The van der Waals surface area contributed by atoms with Crippen molar-refractivity contribution in [1.29, 1.82) is 0 Å². The van der Waals surface area contributed by atoms with Gasteiger partial charge in [0.25, 0.3) is 0 Å². The van der Waals surface area contributed by atoms with Crippen LogP contribution in [0.4, 0.5) is 0 Å². The fourth-order valence-corrected chi connectivity index (χ4v) is 0.763. The highest BCUT2D eigenvalue weighted by Crippen LogP contribution is 1.90. The molecule has 0 saturated carbocycles. The highest BCUT2D eigenvalue weighted by Gasteiger charge is 1.96. The van der Waals surface area contributed by atoms with Crippen molar-refractivity contribution in [3.8, 4) is 0 Å². The minimum absolute atomic E-state index is 0.502. The summed E-state index contributed by atoms with van der Waals surface area (Å²) < 4.78 is 0. The predicted molar refractivity (Wildman–Crippen MR) is 33.9 cm³/mol. The van der Waals surface area contributed by atoms with Crippen molar-refractivity contribution in [2.45, 2.75) is 19.4 Å². The van der Waals surface area contributed by atoms with Gasteiger partial charge in [-0.1, -0.05) is 6.92 Å². The molecule has 1 unspecified atom stereocenters. The van der Waals surface area contributed by atoms with Gasteiger partial charge in [-0.2, -0.15) is 0 Å². The van der Waals surface area contributed by atoms with Gasteiger partial charge < -0.3 is 5.32 Å². The van der Waals surface area contributed by atoms with E-state index in [0.717, 1.165) is 6.42 Å². The molecule has 7 heavy (non-hydrogen) atoms. The molecule has 0 bridgehead atoms. The molecule has 0 aliphatic rings. The number of alkyl halides is 1. The van der Waals surface area contributed by atoms with Crippen molar-refractivity contribution in [1.82, 2.24) is 5.32 Å². The van der Waals surface area contributed by atoms with E-state index in [4.69, 9.17) is 11.6 Å². The van der Waals surface area contributed by atoms with Crippen molar-refractivity contribution in [3.05, 3.63) is 0 Å². The van der Waals surface area contributed by atoms with Crippen molar-refractivity contribution >= 4 is 11.6 Å². The molecule has 0 aromatic heterocycles. The molecule has 0 amide bonds. The van der Waals surface area contributed by atoms with E-state index in [9.17, 15) is 0 Å². The summed E-state index contributed by atoms with van der Waals surface area (Å²) in [6.07, 6.45) is 1.11. The average molecular weight is 122 g/mol. The molecule has 1 N–H and O–H groups in total. The van der Waals surface area contributed by atoms with E-state index in [-0.39, 0.29) is 0 Å². The fraction of sp³-hybridized carbons (Fsp3) is 1.00. The van der Waals surface area contributed by atoms with Gasteiger partial charge in [0.05, 0.1) is 0 Å². The number of nitrogens with one attached hydrogen (secondary N) is 1. The monoisotopic (exact) mass is 121 g/mol. The number of rotatable bonds is 3. The third-order valence-electron chi connectivity index (χ3n) is 1.09. The molecule has 0 spiro atoms. The average Bonchev–Trinajstić information content (AvgIpc) is 1.72. The second-order valence-corrected chi connectivity index (χ2v) is 1.86. The van der Waals surface area contributed by atoms with Crippen LogP contribution in [0, 0.1) is 0 Å². The van der Waals surface area contributed by atoms with Gasteiger partial charge in [-0.05, 0) is 13.5 Å². The van der Waals surface area contributed by atoms with Crippen LogP contribution in [0.2, 0.25) is 0 Å². The standard InChI is InChI=1S/C5H12ClN/c1-3-5(4-6)7-2/h5,7H,3-4H2,1-2H3. The van der Waals surface area contributed by atoms with Crippen molar-refractivity contribution in [2.24, 2.45) is 0 Å². The van der Waals surface area contributed by atoms with Gasteiger partial charge in [0.2, 0.25) is 0 Å². The molecular weight excluding hydrogens is 110 g/mol. The normalized spacial score (nSPS) is 14.1. The Morgan fingerprint density at radius 3 is 2.29 bits per heavy atom. The van der Waals surface area contributed by atoms with Crippen LogP contribution in [0.25, 0.3) is 0 Å². The summed E-state index contributed by atoms with van der Waals surface area (Å²) in [7, 11) is 1.93. The van der Waals surface area contributed by atoms with Gasteiger partial charge in [0.15, 0.2) is 0 Å². The lowest BCUT2D eigenvalue weighted by atomic mass is 10.3. The van der Waals surface area contributed by atoms with Crippen molar-refractivity contribution < 1.29 is 0 Å². The van der Waals surface area contributed by atoms with Gasteiger partial charge in [-0.3, -0.25) is 0 Å². The molecular formula is C5H12ClN. The molecule has 0 aliphatic heterocycles. The summed E-state index contributed by atoms with van der Waals surface area (Å²) in [5.41, 5.74) is 0. The Balaban J connectivity index is 2.99. The second kappa shape index (κ2) is 4.41. The number of halogens is 1. The Bertz CT molecular complexity index is 29.6. The Morgan fingerprint density at radius 1 is 1.71 bits per heavy atom. The molecule has 44 valence electrons. The van der Waals surface area contributed by atoms with Crippen LogP contribution < -0.4 is 5.32 Å². The zero-order chi connectivity index (χ0) is 5.70. The van der Waals surface area contributed by atoms with E-state index in [1.807, 2.05) is 7.05 Å². The van der Waals surface area contributed by atoms with Gasteiger partial charge >= 0.3 is 0 Å². The maximum absolute atomic E-state index is 5.51. The summed E-state index contributed by atoms with van der Waals surface area (Å²) in [5, 5.41) is 3.07. The molecule has 0 aromatic rings. The quantitative estimate of drug-likeness (QED) is 0.554. The third kappa shape index (κ3) is 2.89. The van der Waals surface area contributed by atoms with Crippen LogP contribution in [-0.2, 0) is 0 Å². The summed E-state index contributed by atoms with van der Waals surface area (Å²) in [5.74, 6) is 0.715. The van der Waals surface area contributed by atoms with Crippen LogP contribution in [-0.4, -0.2) is 19.0 Å². The Hall–Kier alpha value is 0.250. The fourth-order valence-electron chi connectivity index (χ4n) is 0.390. The first-order valence-electron chi connectivity index (χ1n) is 2.58. The van der Waals surface area contributed by atoms with Crippen LogP contribution in [0.3, 0.4) is 0 Å². The second-order valence-electron chi connectivity index (χ2n) is 1.55. The molecule has 1 nitrogen and oxygen atoms in total. The predicted octanol–water partition coefficient (Wildman–Crippen LogP) is 1.22. The summed E-state index contributed by atoms with van der Waals surface area (Å²) >= 11 is 5.51. The van der Waals surface area contributed by atoms with Crippen LogP contribution in [0.15, 0.2) is 0 Å². The Morgan fingerprint density at radius 2 is 2.29 bits per heavy atom.